The topological polar surface area (TPSA) is 39.4 Å². The van der Waals surface area contributed by atoms with Crippen molar-refractivity contribution < 1.29 is 27.1 Å². The summed E-state index contributed by atoms with van der Waals surface area (Å²) >= 11 is 0. The Morgan fingerprint density at radius 3 is 2.52 bits per heavy atom. The van der Waals surface area contributed by atoms with Crippen molar-refractivity contribution in [2.45, 2.75) is 6.36 Å². The van der Waals surface area contributed by atoms with Gasteiger partial charge in [-0.05, 0) is 48.0 Å². The van der Waals surface area contributed by atoms with Crippen molar-refractivity contribution in [3.8, 4) is 5.75 Å². The van der Waals surface area contributed by atoms with E-state index in [1.165, 1.54) is 12.1 Å². The predicted molar refractivity (Wildman–Crippen MR) is 85.9 cm³/mol. The minimum atomic E-state index is -4.75. The molecule has 0 fully saturated rings. The van der Waals surface area contributed by atoms with E-state index >= 15 is 0 Å². The third kappa shape index (κ3) is 4.50. The molecular weight excluding hydrogens is 333 g/mol. The Labute approximate surface area is 141 Å². The summed E-state index contributed by atoms with van der Waals surface area (Å²) in [6, 6.07) is 8.48. The number of hydrogen-bond donors (Lipinski definition) is 0. The molecule has 0 radical (unpaired) electrons. The molecule has 6 heteroatoms. The zero-order valence-corrected chi connectivity index (χ0v) is 12.9. The van der Waals surface area contributed by atoms with Crippen LogP contribution in [0.1, 0.15) is 16.1 Å². The van der Waals surface area contributed by atoms with Crippen LogP contribution in [0.25, 0.3) is 6.08 Å². The third-order valence-electron chi connectivity index (χ3n) is 3.53. The fourth-order valence-electron chi connectivity index (χ4n) is 2.39. The van der Waals surface area contributed by atoms with Crippen LogP contribution < -0.4 is 4.74 Å². The molecule has 1 atom stereocenters. The zero-order valence-electron chi connectivity index (χ0n) is 12.9. The van der Waals surface area contributed by atoms with Gasteiger partial charge in [0.1, 0.15) is 11.5 Å². The van der Waals surface area contributed by atoms with Gasteiger partial charge in [-0.1, -0.05) is 24.3 Å². The molecule has 1 aliphatic rings. The molecule has 0 spiro atoms. The van der Waals surface area contributed by atoms with Gasteiger partial charge < -0.3 is 9.15 Å². The lowest BCUT2D eigenvalue weighted by Crippen LogP contribution is -2.17. The molecule has 128 valence electrons. The number of rotatable bonds is 5. The quantitative estimate of drug-likeness (QED) is 0.700. The highest BCUT2D eigenvalue weighted by Gasteiger charge is 2.31. The second-order valence-corrected chi connectivity index (χ2v) is 5.34. The molecule has 0 saturated carbocycles. The Hall–Kier alpha value is -3.02. The van der Waals surface area contributed by atoms with Crippen LogP contribution in [0.2, 0.25) is 0 Å². The van der Waals surface area contributed by atoms with Gasteiger partial charge in [0.15, 0.2) is 5.78 Å². The fourth-order valence-corrected chi connectivity index (χ4v) is 2.39. The Morgan fingerprint density at radius 1 is 1.12 bits per heavy atom. The highest BCUT2D eigenvalue weighted by Crippen LogP contribution is 2.25. The molecule has 3 nitrogen and oxygen atoms in total. The second kappa shape index (κ2) is 6.84. The lowest BCUT2D eigenvalue weighted by atomic mass is 9.99. The highest BCUT2D eigenvalue weighted by molar-refractivity contribution is 6.00. The number of furan rings is 1. The second-order valence-electron chi connectivity index (χ2n) is 5.34. The summed E-state index contributed by atoms with van der Waals surface area (Å²) < 4.78 is 45.4. The zero-order chi connectivity index (χ0) is 17.9. The van der Waals surface area contributed by atoms with E-state index in [4.69, 9.17) is 4.42 Å². The summed E-state index contributed by atoms with van der Waals surface area (Å²) in [5, 5.41) is 0. The van der Waals surface area contributed by atoms with Gasteiger partial charge in [-0.15, -0.1) is 13.2 Å². The summed E-state index contributed by atoms with van der Waals surface area (Å²) in [6.45, 7) is 0. The summed E-state index contributed by atoms with van der Waals surface area (Å²) in [5.74, 6) is -0.310. The number of Topliss-reactive ketones (excluding diaryl/α,β-unsaturated/α-hetero) is 1. The van der Waals surface area contributed by atoms with E-state index in [2.05, 4.69) is 4.74 Å². The van der Waals surface area contributed by atoms with Crippen molar-refractivity contribution in [2.75, 3.05) is 0 Å². The molecule has 1 heterocycles. The van der Waals surface area contributed by atoms with Gasteiger partial charge in [-0.2, -0.15) is 0 Å². The van der Waals surface area contributed by atoms with Gasteiger partial charge in [-0.25, -0.2) is 0 Å². The first-order valence-electron chi connectivity index (χ1n) is 7.42. The minimum Gasteiger partial charge on any atom is -0.465 e. The van der Waals surface area contributed by atoms with Crippen molar-refractivity contribution in [1.29, 1.82) is 0 Å². The van der Waals surface area contributed by atoms with E-state index in [0.717, 1.165) is 17.7 Å². The number of ketones is 1. The molecule has 3 rings (SSSR count). The summed E-state index contributed by atoms with van der Waals surface area (Å²) in [4.78, 5) is 12.4. The fraction of sp³-hybridized carbons (Fsp3) is 0.105. The van der Waals surface area contributed by atoms with E-state index in [1.807, 2.05) is 18.2 Å². The van der Waals surface area contributed by atoms with Crippen LogP contribution >= 0.6 is 0 Å². The van der Waals surface area contributed by atoms with E-state index in [-0.39, 0.29) is 11.5 Å². The smallest absolute Gasteiger partial charge is 0.465 e. The van der Waals surface area contributed by atoms with Crippen LogP contribution in [0.3, 0.4) is 0 Å². The summed E-state index contributed by atoms with van der Waals surface area (Å²) in [7, 11) is 0. The number of benzene rings is 1. The molecule has 1 aromatic heterocycles. The van der Waals surface area contributed by atoms with Crippen molar-refractivity contribution >= 4 is 11.9 Å². The van der Waals surface area contributed by atoms with Crippen LogP contribution in [-0.2, 0) is 0 Å². The number of ether oxygens (including phenoxy) is 1. The SMILES string of the molecule is O=C(c1ccc(OC(F)(F)F)cc1)C1C=CC(/C=C/c2ccco2)=C1. The Morgan fingerprint density at radius 2 is 1.88 bits per heavy atom. The number of hydrogen-bond acceptors (Lipinski definition) is 3. The largest absolute Gasteiger partial charge is 0.573 e. The standard InChI is InChI=1S/C19H13F3O3/c20-19(21,22)25-17-9-6-14(7-10-17)18(23)15-5-3-13(12-15)4-8-16-2-1-11-24-16/h1-12,15H/b8-4+. The van der Waals surface area contributed by atoms with Crippen LogP contribution in [0.15, 0.2) is 77.0 Å². The molecule has 1 unspecified atom stereocenters. The van der Waals surface area contributed by atoms with Crippen molar-refractivity contribution in [1.82, 2.24) is 0 Å². The number of halogens is 3. The first kappa shape index (κ1) is 16.8. The van der Waals surface area contributed by atoms with Crippen LogP contribution in [0.4, 0.5) is 13.2 Å². The minimum absolute atomic E-state index is 0.198. The van der Waals surface area contributed by atoms with Crippen molar-refractivity contribution in [3.63, 3.8) is 0 Å². The molecule has 0 amide bonds. The molecule has 0 bridgehead atoms. The van der Waals surface area contributed by atoms with Gasteiger partial charge in [-0.3, -0.25) is 4.79 Å². The van der Waals surface area contributed by atoms with Gasteiger partial charge in [0.25, 0.3) is 0 Å². The molecular formula is C19H13F3O3. The average molecular weight is 346 g/mol. The van der Waals surface area contributed by atoms with E-state index in [0.29, 0.717) is 11.3 Å². The number of alkyl halides is 3. The maximum absolute atomic E-state index is 12.4. The molecule has 0 saturated heterocycles. The lowest BCUT2D eigenvalue weighted by Gasteiger charge is -2.09. The number of allylic oxidation sites excluding steroid dienone is 5. The average Bonchev–Trinajstić information content (AvgIpc) is 3.23. The lowest BCUT2D eigenvalue weighted by molar-refractivity contribution is -0.274. The molecule has 2 aromatic rings. The maximum Gasteiger partial charge on any atom is 0.573 e. The van der Waals surface area contributed by atoms with Crippen molar-refractivity contribution in [3.05, 3.63) is 83.9 Å². The van der Waals surface area contributed by atoms with E-state index < -0.39 is 12.3 Å². The van der Waals surface area contributed by atoms with Gasteiger partial charge in [0.05, 0.1) is 12.2 Å². The van der Waals surface area contributed by atoms with Crippen LogP contribution in [0, 0.1) is 5.92 Å². The molecule has 0 aliphatic heterocycles. The van der Waals surface area contributed by atoms with Gasteiger partial charge in [0.2, 0.25) is 0 Å². The molecule has 1 aliphatic carbocycles. The monoisotopic (exact) mass is 346 g/mol. The molecule has 25 heavy (non-hydrogen) atoms. The third-order valence-corrected chi connectivity index (χ3v) is 3.53. The Kier molecular flexibility index (Phi) is 4.61. The highest BCUT2D eigenvalue weighted by atomic mass is 19.4. The number of carbonyl (C=O) groups excluding carboxylic acids is 1. The molecule has 1 aromatic carbocycles. The predicted octanol–water partition coefficient (Wildman–Crippen LogP) is 5.19. The van der Waals surface area contributed by atoms with Gasteiger partial charge in [0, 0.05) is 5.56 Å². The Balaban J connectivity index is 1.66. The maximum atomic E-state index is 12.4. The van der Waals surface area contributed by atoms with E-state index in [9.17, 15) is 18.0 Å². The van der Waals surface area contributed by atoms with Crippen LogP contribution in [-0.4, -0.2) is 12.1 Å². The van der Waals surface area contributed by atoms with Crippen molar-refractivity contribution in [2.24, 2.45) is 5.92 Å². The van der Waals surface area contributed by atoms with Crippen LogP contribution in [0.5, 0.6) is 5.75 Å². The summed E-state index contributed by atoms with van der Waals surface area (Å²) in [6.07, 6.45) is 5.75. The first-order chi connectivity index (χ1) is 11.9. The van der Waals surface area contributed by atoms with Gasteiger partial charge >= 0.3 is 6.36 Å². The summed E-state index contributed by atoms with van der Waals surface area (Å²) in [5.41, 5.74) is 1.17. The normalized spacial score (nSPS) is 17.1. The Bertz CT molecular complexity index is 826. The number of carbonyl (C=O) groups is 1. The first-order valence-corrected chi connectivity index (χ1v) is 7.42. The van der Waals surface area contributed by atoms with E-state index in [1.54, 1.807) is 30.6 Å². The molecule has 0 N–H and O–H groups in total.